The van der Waals surface area contributed by atoms with Gasteiger partial charge in [-0.15, -0.1) is 34.0 Å². The van der Waals surface area contributed by atoms with E-state index in [1.165, 1.54) is 42.3 Å². The van der Waals surface area contributed by atoms with E-state index < -0.39 is 217 Å². The van der Waals surface area contributed by atoms with Crippen LogP contribution in [0.5, 0.6) is 0 Å². The average molecular weight is 1680 g/mol. The molecule has 50 heteroatoms. The van der Waals surface area contributed by atoms with Crippen molar-refractivity contribution in [2.24, 2.45) is 78.4 Å². The topological polar surface area (TPSA) is 333 Å². The number of rotatable bonds is 18. The van der Waals surface area contributed by atoms with E-state index in [4.69, 9.17) is 13.6 Å². The number of hydrogen-bond acceptors (Lipinski definition) is 19. The molecule has 12 aromatic rings. The SMILES string of the molecule is Cn1nc2c(c1CC(=O)N=c1scc(-c3ccc(F)c(C(F)(F)F)c3F)n1COP(=O)(OCn1c(-c3ccc(F)c(C(F)(F)F)c3F)csc1=NC(=O)Cc1c3c(=O)n(C)c(=O)n(C)c3nn1C)OCn1c(-c3ccc(F)c(C(F)(F)F)c3F)csc1=NC(=O)Cc1c3c(=O)n(C)c(=O)n(C)c3nn1C)c(=O)n(C)c(=O)n2C. The van der Waals surface area contributed by atoms with E-state index in [9.17, 15) is 82.7 Å². The van der Waals surface area contributed by atoms with Gasteiger partial charge < -0.3 is 0 Å². The first-order valence-electron chi connectivity index (χ1n) is 31.6. The number of thiazole rings is 3. The van der Waals surface area contributed by atoms with Gasteiger partial charge in [-0.2, -0.15) is 69.8 Å². The minimum absolute atomic E-state index is 0.146. The zero-order chi connectivity index (χ0) is 82.8. The quantitative estimate of drug-likeness (QED) is 0.0657. The molecule has 3 amide bonds. The Labute approximate surface area is 627 Å². The smallest absolute Gasteiger partial charge is 0.292 e. The lowest BCUT2D eigenvalue weighted by Gasteiger charge is -2.21. The van der Waals surface area contributed by atoms with Crippen molar-refractivity contribution in [2.75, 3.05) is 0 Å². The number of hydrogen-bond donors (Lipinski definition) is 0. The zero-order valence-electron chi connectivity index (χ0n) is 58.6. The number of phosphoric acid groups is 1. The summed E-state index contributed by atoms with van der Waals surface area (Å²) in [6, 6.07) is 1.76. The molecule has 9 heterocycles. The first-order valence-corrected chi connectivity index (χ1v) is 35.7. The lowest BCUT2D eigenvalue weighted by atomic mass is 10.1. The van der Waals surface area contributed by atoms with Crippen LogP contribution in [0.25, 0.3) is 66.9 Å². The summed E-state index contributed by atoms with van der Waals surface area (Å²) >= 11 is 0.769. The first kappa shape index (κ1) is 81.0. The van der Waals surface area contributed by atoms with Gasteiger partial charge in [-0.3, -0.25) is 97.5 Å². The van der Waals surface area contributed by atoms with E-state index in [2.05, 4.69) is 30.3 Å². The van der Waals surface area contributed by atoms with Gasteiger partial charge >= 0.3 is 43.4 Å². The Kier molecular flexibility index (Phi) is 21.2. The van der Waals surface area contributed by atoms with E-state index >= 15 is 30.9 Å². The number of benzene rings is 3. The number of amides is 3. The van der Waals surface area contributed by atoms with Gasteiger partial charge in [0.15, 0.2) is 31.3 Å². The largest absolute Gasteiger partial charge is 0.480 e. The summed E-state index contributed by atoms with van der Waals surface area (Å²) in [6.07, 6.45) is -20.3. The molecule has 0 aliphatic carbocycles. The summed E-state index contributed by atoms with van der Waals surface area (Å²) in [5.41, 5.74) is -20.8. The minimum Gasteiger partial charge on any atom is -0.292 e. The molecule has 113 heavy (non-hydrogen) atoms. The summed E-state index contributed by atoms with van der Waals surface area (Å²) < 4.78 is 269. The van der Waals surface area contributed by atoms with Crippen LogP contribution in [0.4, 0.5) is 65.9 Å². The third kappa shape index (κ3) is 14.6. The summed E-state index contributed by atoms with van der Waals surface area (Å²) in [6.45, 7) is -5.08. The Morgan fingerprint density at radius 3 is 0.867 bits per heavy atom. The number of halogens is 15. The number of alkyl halides is 9. The molecule has 3 aromatic carbocycles. The van der Waals surface area contributed by atoms with E-state index in [1.54, 1.807) is 0 Å². The molecule has 0 spiro atoms. The molecule has 0 atom stereocenters. The summed E-state index contributed by atoms with van der Waals surface area (Å²) in [5.74, 6) is -17.5. The Balaban J connectivity index is 1.05. The fraction of sp³-hybridized carbons (Fsp3) is 0.286. The van der Waals surface area contributed by atoms with Crippen LogP contribution in [0.15, 0.2) is 96.3 Å². The second-order valence-electron chi connectivity index (χ2n) is 24.5. The number of phosphoric ester groups is 1. The second kappa shape index (κ2) is 29.5. The van der Waals surface area contributed by atoms with Crippen LogP contribution in [0.1, 0.15) is 33.8 Å². The lowest BCUT2D eigenvalue weighted by molar-refractivity contribution is -0.143. The summed E-state index contributed by atoms with van der Waals surface area (Å²) in [5, 5.41) is 13.8. The highest BCUT2D eigenvalue weighted by Crippen LogP contribution is 2.52. The molecule has 596 valence electrons. The Morgan fingerprint density at radius 2 is 0.637 bits per heavy atom. The molecule has 31 nitrogen and oxygen atoms in total. The van der Waals surface area contributed by atoms with Crippen LogP contribution in [0.3, 0.4) is 0 Å². The maximum Gasteiger partial charge on any atom is 0.480 e. The number of fused-ring (bicyclic) bond motifs is 3. The van der Waals surface area contributed by atoms with E-state index in [1.807, 2.05) is 0 Å². The fourth-order valence-electron chi connectivity index (χ4n) is 12.0. The monoisotopic (exact) mass is 1680 g/mol. The van der Waals surface area contributed by atoms with Gasteiger partial charge in [-0.05, 0) is 36.4 Å². The van der Waals surface area contributed by atoms with Crippen LogP contribution < -0.4 is 48.2 Å². The van der Waals surface area contributed by atoms with Crippen LogP contribution in [-0.2, 0) is 154 Å². The Hall–Kier alpha value is -11.5. The van der Waals surface area contributed by atoms with E-state index in [0.29, 0.717) is 45.6 Å². The van der Waals surface area contributed by atoms with Gasteiger partial charge in [-0.1, -0.05) is 0 Å². The molecule has 0 bridgehead atoms. The minimum atomic E-state index is -6.26. The van der Waals surface area contributed by atoms with Gasteiger partial charge in [0.2, 0.25) is 0 Å². The highest BCUT2D eigenvalue weighted by Gasteiger charge is 2.43. The molecule has 9 aromatic heterocycles. The van der Waals surface area contributed by atoms with Crippen LogP contribution >= 0.6 is 41.8 Å². The molecular formula is C63H48F15N18O13PS3. The average Bonchev–Trinajstić information content (AvgIpc) is 1.70. The number of carbonyl (C=O) groups excluding carboxylic acids is 3. The van der Waals surface area contributed by atoms with Crippen molar-refractivity contribution in [3.8, 4) is 33.8 Å². The van der Waals surface area contributed by atoms with Crippen molar-refractivity contribution in [2.45, 2.75) is 58.0 Å². The number of nitrogens with zero attached hydrogens (tertiary/aromatic N) is 18. The first-order chi connectivity index (χ1) is 52.8. The molecule has 0 aliphatic heterocycles. The van der Waals surface area contributed by atoms with Crippen molar-refractivity contribution < 1.29 is 98.4 Å². The maximum atomic E-state index is 16.6. The number of aromatic nitrogens is 15. The molecule has 0 aliphatic rings. The predicted molar refractivity (Wildman–Crippen MR) is 365 cm³/mol. The number of carbonyl (C=O) groups is 3. The molecular weight excluding hydrogens is 1630 g/mol. The molecule has 0 fully saturated rings. The standard InChI is InChI=1S/C63H48F15N18O13PS3/c1-85-49-40(52(100)88(4)58(85)103)31(91(7)82-49)16-37(97)79-55-94(34(19-111-55)25-10-13-28(64)43(46(25)67)61(70,71)72)22-107-110(106,108-23-95-35(26-11-14-29(65)44(47(26)68)62(73,74)75)20-112-56(95)80-38(98)17-32-41-50(83-92(32)8)86(2)59(104)89(5)53(41)101)109-24-96-36(27-12-15-30(66)45(48(27)69)63(76,77)78)21-113-57(96)81-39(99)18-33-42-51(84-93(33)9)87(3)60(105)90(6)54(42)102/h10-15,19-21H,16-18,22-24H2,1-9H3. The van der Waals surface area contributed by atoms with Crippen molar-refractivity contribution >= 4 is 92.7 Å². The van der Waals surface area contributed by atoms with E-state index in [-0.39, 0.29) is 102 Å². The van der Waals surface area contributed by atoms with Crippen molar-refractivity contribution in [3.05, 3.63) is 198 Å². The van der Waals surface area contributed by atoms with Crippen LogP contribution in [0.2, 0.25) is 0 Å². The van der Waals surface area contributed by atoms with Gasteiger partial charge in [0.05, 0.1) is 53.4 Å². The van der Waals surface area contributed by atoms with Gasteiger partial charge in [0.1, 0.15) is 87.9 Å². The zero-order valence-corrected chi connectivity index (χ0v) is 62.0. The van der Waals surface area contributed by atoms with Crippen LogP contribution in [-0.4, -0.2) is 88.2 Å². The van der Waals surface area contributed by atoms with Crippen LogP contribution in [0, 0.1) is 34.9 Å². The Morgan fingerprint density at radius 1 is 0.398 bits per heavy atom. The normalized spacial score (nSPS) is 13.5. The summed E-state index contributed by atoms with van der Waals surface area (Å²) in [4.78, 5) is 132. The van der Waals surface area contributed by atoms with E-state index in [0.717, 1.165) is 65.0 Å². The second-order valence-corrected chi connectivity index (χ2v) is 28.7. The molecule has 12 rings (SSSR count). The predicted octanol–water partition coefficient (Wildman–Crippen LogP) is 6.46. The number of aryl methyl sites for hydroxylation is 6. The maximum absolute atomic E-state index is 16.6. The molecule has 0 saturated carbocycles. The fourth-order valence-corrected chi connectivity index (χ4v) is 15.7. The summed E-state index contributed by atoms with van der Waals surface area (Å²) in [7, 11) is 4.38. The molecule has 0 unspecified atom stereocenters. The van der Waals surface area contributed by atoms with Crippen molar-refractivity contribution in [1.82, 2.24) is 70.4 Å². The highest BCUT2D eigenvalue weighted by molar-refractivity contribution is 7.48. The third-order valence-electron chi connectivity index (χ3n) is 17.7. The van der Waals surface area contributed by atoms with Gasteiger partial charge in [-0.25, -0.2) is 45.3 Å². The van der Waals surface area contributed by atoms with Crippen molar-refractivity contribution in [1.29, 1.82) is 0 Å². The Bertz CT molecular complexity index is 6140. The van der Waals surface area contributed by atoms with Gasteiger partial charge in [0, 0.05) is 96.3 Å². The molecule has 0 N–H and O–H groups in total. The lowest BCUT2D eigenvalue weighted by Crippen LogP contribution is -2.37. The highest BCUT2D eigenvalue weighted by atomic mass is 32.1. The van der Waals surface area contributed by atoms with Crippen molar-refractivity contribution in [3.63, 3.8) is 0 Å². The molecule has 0 saturated heterocycles. The molecule has 0 radical (unpaired) electrons. The van der Waals surface area contributed by atoms with Gasteiger partial charge in [0.25, 0.3) is 34.4 Å². The third-order valence-corrected chi connectivity index (χ3v) is 21.6.